The van der Waals surface area contributed by atoms with Crippen LogP contribution in [0.1, 0.15) is 28.8 Å². The van der Waals surface area contributed by atoms with E-state index in [1.165, 1.54) is 0 Å². The number of carbonyl (C=O) groups is 1. The summed E-state index contributed by atoms with van der Waals surface area (Å²) in [6.45, 7) is 1.23. The number of thiophene rings is 1. The molecule has 0 aliphatic carbocycles. The van der Waals surface area contributed by atoms with Crippen LogP contribution in [0.2, 0.25) is 5.02 Å². The molecule has 3 aromatic rings. The van der Waals surface area contributed by atoms with E-state index in [4.69, 9.17) is 23.2 Å². The second-order valence-electron chi connectivity index (χ2n) is 6.42. The van der Waals surface area contributed by atoms with Crippen molar-refractivity contribution in [2.75, 3.05) is 13.1 Å². The number of halogens is 2. The minimum Gasteiger partial charge on any atom is -0.338 e. The van der Waals surface area contributed by atoms with E-state index in [2.05, 4.69) is 10.2 Å². The normalized spacial score (nSPS) is 16.6. The van der Waals surface area contributed by atoms with E-state index in [1.807, 2.05) is 46.8 Å². The average Bonchev–Trinajstić information content (AvgIpc) is 3.33. The number of alkyl halides is 1. The van der Waals surface area contributed by atoms with Crippen molar-refractivity contribution in [3.63, 3.8) is 0 Å². The van der Waals surface area contributed by atoms with Crippen LogP contribution in [0.15, 0.2) is 48.1 Å². The summed E-state index contributed by atoms with van der Waals surface area (Å²) in [7, 11) is 0. The molecule has 0 bridgehead atoms. The molecule has 134 valence electrons. The number of piperidine rings is 1. The molecule has 7 heteroatoms. The number of amides is 1. The summed E-state index contributed by atoms with van der Waals surface area (Å²) in [4.78, 5) is 15.2. The molecule has 0 atom stereocenters. The summed E-state index contributed by atoms with van der Waals surface area (Å²) in [6.07, 6.45) is 4.95. The quantitative estimate of drug-likeness (QED) is 0.611. The number of hydrogen-bond acceptors (Lipinski definition) is 3. The monoisotopic (exact) mass is 405 g/mol. The van der Waals surface area contributed by atoms with Crippen molar-refractivity contribution in [3.05, 3.63) is 64.3 Å². The number of carbonyl (C=O) groups excluding carboxylic acids is 1. The fourth-order valence-corrected chi connectivity index (χ4v) is 4.89. The highest BCUT2D eigenvalue weighted by Crippen LogP contribution is 2.42. The number of H-pyrrole nitrogens is 1. The molecule has 2 aromatic heterocycles. The van der Waals surface area contributed by atoms with Gasteiger partial charge in [0.25, 0.3) is 5.91 Å². The second-order valence-corrected chi connectivity index (χ2v) is 8.47. The molecule has 0 spiro atoms. The lowest BCUT2D eigenvalue weighted by Gasteiger charge is -2.38. The van der Waals surface area contributed by atoms with Gasteiger partial charge in [0, 0.05) is 40.1 Å². The summed E-state index contributed by atoms with van der Waals surface area (Å²) < 4.78 is 0. The molecule has 1 N–H and O–H groups in total. The maximum atomic E-state index is 12.8. The predicted molar refractivity (Wildman–Crippen MR) is 106 cm³/mol. The van der Waals surface area contributed by atoms with Gasteiger partial charge in [-0.05, 0) is 30.5 Å². The Kier molecular flexibility index (Phi) is 4.78. The zero-order chi connectivity index (χ0) is 18.1. The van der Waals surface area contributed by atoms with Gasteiger partial charge < -0.3 is 4.90 Å². The lowest BCUT2D eigenvalue weighted by Crippen LogP contribution is -2.42. The first kappa shape index (κ1) is 17.6. The van der Waals surface area contributed by atoms with Gasteiger partial charge in [-0.2, -0.15) is 5.10 Å². The SMILES string of the molecule is O=C(c1csc(-c2cn[nH]c2)c1)N1CCC(Cl)(c2ccccc2Cl)CC1. The standard InChI is InChI=1S/C19H17Cl2N3OS/c20-16-4-2-1-3-15(16)19(21)5-7-24(8-6-19)18(25)13-9-17(26-12-13)14-10-22-23-11-14/h1-4,9-12H,5-8H2,(H,22,23). The summed E-state index contributed by atoms with van der Waals surface area (Å²) in [6, 6.07) is 9.61. The third-order valence-corrected chi connectivity index (χ3v) is 6.72. The summed E-state index contributed by atoms with van der Waals surface area (Å²) in [5, 5.41) is 9.34. The summed E-state index contributed by atoms with van der Waals surface area (Å²) in [5.41, 5.74) is 2.66. The minimum absolute atomic E-state index is 0.0499. The Morgan fingerprint density at radius 2 is 2.04 bits per heavy atom. The van der Waals surface area contributed by atoms with Crippen LogP contribution in [-0.4, -0.2) is 34.1 Å². The third-order valence-electron chi connectivity index (χ3n) is 4.83. The fraction of sp³-hybridized carbons (Fsp3) is 0.263. The second kappa shape index (κ2) is 7.06. The molecule has 4 nitrogen and oxygen atoms in total. The van der Waals surface area contributed by atoms with Crippen molar-refractivity contribution < 1.29 is 4.79 Å². The maximum Gasteiger partial charge on any atom is 0.254 e. The molecule has 1 fully saturated rings. The van der Waals surface area contributed by atoms with Crippen molar-refractivity contribution in [2.45, 2.75) is 17.7 Å². The Morgan fingerprint density at radius 1 is 1.27 bits per heavy atom. The van der Waals surface area contributed by atoms with Crippen molar-refractivity contribution >= 4 is 40.4 Å². The van der Waals surface area contributed by atoms with Gasteiger partial charge in [-0.15, -0.1) is 22.9 Å². The highest BCUT2D eigenvalue weighted by Gasteiger charge is 2.37. The van der Waals surface area contributed by atoms with Gasteiger partial charge >= 0.3 is 0 Å². The van der Waals surface area contributed by atoms with Crippen LogP contribution in [0.5, 0.6) is 0 Å². The van der Waals surface area contributed by atoms with Crippen LogP contribution in [0.3, 0.4) is 0 Å². The minimum atomic E-state index is -0.508. The highest BCUT2D eigenvalue weighted by atomic mass is 35.5. The average molecular weight is 406 g/mol. The molecule has 4 rings (SSSR count). The van der Waals surface area contributed by atoms with E-state index < -0.39 is 4.87 Å². The Balaban J connectivity index is 1.46. The van der Waals surface area contributed by atoms with Crippen LogP contribution >= 0.6 is 34.5 Å². The van der Waals surface area contributed by atoms with Crippen LogP contribution in [0.25, 0.3) is 10.4 Å². The highest BCUT2D eigenvalue weighted by molar-refractivity contribution is 7.13. The molecule has 1 aliphatic rings. The number of rotatable bonds is 3. The molecule has 1 aromatic carbocycles. The Morgan fingerprint density at radius 3 is 2.73 bits per heavy atom. The topological polar surface area (TPSA) is 49.0 Å². The number of likely N-dealkylation sites (tertiary alicyclic amines) is 1. The molecule has 1 saturated heterocycles. The van der Waals surface area contributed by atoms with Crippen molar-refractivity contribution in [1.29, 1.82) is 0 Å². The van der Waals surface area contributed by atoms with Gasteiger partial charge in [-0.3, -0.25) is 9.89 Å². The molecule has 3 heterocycles. The fourth-order valence-electron chi connectivity index (χ4n) is 3.33. The Labute approximate surface area is 165 Å². The van der Waals surface area contributed by atoms with E-state index >= 15 is 0 Å². The van der Waals surface area contributed by atoms with Gasteiger partial charge in [-0.25, -0.2) is 0 Å². The third kappa shape index (κ3) is 3.27. The number of benzene rings is 1. The van der Waals surface area contributed by atoms with Crippen LogP contribution < -0.4 is 0 Å². The zero-order valence-electron chi connectivity index (χ0n) is 13.9. The lowest BCUT2D eigenvalue weighted by molar-refractivity contribution is 0.0702. The number of aromatic amines is 1. The van der Waals surface area contributed by atoms with Crippen molar-refractivity contribution in [3.8, 4) is 10.4 Å². The van der Waals surface area contributed by atoms with Gasteiger partial charge in [0.1, 0.15) is 0 Å². The van der Waals surface area contributed by atoms with Crippen molar-refractivity contribution in [2.24, 2.45) is 0 Å². The molecule has 1 amide bonds. The van der Waals surface area contributed by atoms with E-state index in [9.17, 15) is 4.79 Å². The first-order valence-corrected chi connectivity index (χ1v) is 10.0. The van der Waals surface area contributed by atoms with Gasteiger partial charge in [-0.1, -0.05) is 29.8 Å². The number of nitrogens with one attached hydrogen (secondary N) is 1. The molecule has 0 radical (unpaired) electrons. The van der Waals surface area contributed by atoms with Gasteiger partial charge in [0.2, 0.25) is 0 Å². The summed E-state index contributed by atoms with van der Waals surface area (Å²) >= 11 is 14.7. The molecular formula is C19H17Cl2N3OS. The van der Waals surface area contributed by atoms with Crippen LogP contribution in [0, 0.1) is 0 Å². The molecule has 26 heavy (non-hydrogen) atoms. The van der Waals surface area contributed by atoms with Crippen LogP contribution in [-0.2, 0) is 4.87 Å². The first-order valence-electron chi connectivity index (χ1n) is 8.38. The zero-order valence-corrected chi connectivity index (χ0v) is 16.2. The number of nitrogens with zero attached hydrogens (tertiary/aromatic N) is 2. The van der Waals surface area contributed by atoms with E-state index in [1.54, 1.807) is 17.5 Å². The largest absolute Gasteiger partial charge is 0.338 e. The lowest BCUT2D eigenvalue weighted by atomic mass is 9.88. The number of hydrogen-bond donors (Lipinski definition) is 1. The maximum absolute atomic E-state index is 12.8. The number of aromatic nitrogens is 2. The van der Waals surface area contributed by atoms with E-state index in [-0.39, 0.29) is 5.91 Å². The van der Waals surface area contributed by atoms with E-state index in [0.717, 1.165) is 16.0 Å². The smallest absolute Gasteiger partial charge is 0.254 e. The van der Waals surface area contributed by atoms with Crippen molar-refractivity contribution in [1.82, 2.24) is 15.1 Å². The van der Waals surface area contributed by atoms with E-state index in [0.29, 0.717) is 36.5 Å². The first-order chi connectivity index (χ1) is 12.6. The predicted octanol–water partition coefficient (Wildman–Crippen LogP) is 5.16. The molecule has 1 aliphatic heterocycles. The van der Waals surface area contributed by atoms with Crippen LogP contribution in [0.4, 0.5) is 0 Å². The Bertz CT molecular complexity index is 915. The molecule has 0 unspecified atom stereocenters. The summed E-state index contributed by atoms with van der Waals surface area (Å²) in [5.74, 6) is 0.0499. The van der Waals surface area contributed by atoms with Gasteiger partial charge in [0.15, 0.2) is 0 Å². The molecular weight excluding hydrogens is 389 g/mol. The van der Waals surface area contributed by atoms with Gasteiger partial charge in [0.05, 0.1) is 16.6 Å². The Hall–Kier alpha value is -1.82. The molecule has 0 saturated carbocycles.